The van der Waals surface area contributed by atoms with Crippen molar-refractivity contribution in [2.75, 3.05) is 71.4 Å². The summed E-state index contributed by atoms with van der Waals surface area (Å²) in [6.45, 7) is 6.93. The molecule has 0 aliphatic carbocycles. The van der Waals surface area contributed by atoms with Gasteiger partial charge >= 0.3 is 0 Å². The molecule has 3 heterocycles. The van der Waals surface area contributed by atoms with Crippen LogP contribution in [0, 0.1) is 5.92 Å². The van der Waals surface area contributed by atoms with E-state index in [9.17, 15) is 9.90 Å². The molecule has 2 atom stereocenters. The Balaban J connectivity index is 1.20. The van der Waals surface area contributed by atoms with Crippen molar-refractivity contribution in [3.8, 4) is 5.75 Å². The van der Waals surface area contributed by atoms with Crippen LogP contribution < -0.4 is 9.64 Å². The number of hydrogen-bond acceptors (Lipinski definition) is 6. The maximum atomic E-state index is 13.4. The standard InChI is InChI=1S/C28H38N4O3/c1-29-11-9-21(16-29)20-35-25-7-8-26-27(15-25)30(2)13-14-32(28(26)34)19-24(33)18-31-12-10-22-5-3-4-6-23(22)17-31/h3-8,15,21,24,33H,9-14,16-20H2,1-2H3/t21?,24-/m1/s1. The smallest absolute Gasteiger partial charge is 0.256 e. The van der Waals surface area contributed by atoms with Gasteiger partial charge in [-0.1, -0.05) is 24.3 Å². The fourth-order valence-electron chi connectivity index (χ4n) is 5.63. The maximum absolute atomic E-state index is 13.4. The maximum Gasteiger partial charge on any atom is 0.256 e. The molecule has 1 amide bonds. The third-order valence-corrected chi connectivity index (χ3v) is 7.69. The molecule has 3 aliphatic heterocycles. The van der Waals surface area contributed by atoms with Crippen LogP contribution >= 0.6 is 0 Å². The highest BCUT2D eigenvalue weighted by molar-refractivity contribution is 6.00. The number of aliphatic hydroxyl groups excluding tert-OH is 1. The lowest BCUT2D eigenvalue weighted by Crippen LogP contribution is -2.44. The number of anilines is 1. The Bertz CT molecular complexity index is 1040. The van der Waals surface area contributed by atoms with E-state index in [1.807, 2.05) is 25.2 Å². The normalized spacial score (nSPS) is 22.0. The molecule has 0 bridgehead atoms. The number of rotatable bonds is 7. The van der Waals surface area contributed by atoms with Gasteiger partial charge in [-0.15, -0.1) is 0 Å². The van der Waals surface area contributed by atoms with Crippen molar-refractivity contribution in [3.05, 3.63) is 59.2 Å². The minimum atomic E-state index is -0.580. The van der Waals surface area contributed by atoms with E-state index in [-0.39, 0.29) is 5.91 Å². The quantitative estimate of drug-likeness (QED) is 0.659. The molecular formula is C28H38N4O3. The zero-order valence-electron chi connectivity index (χ0n) is 21.0. The van der Waals surface area contributed by atoms with Crippen LogP contribution in [-0.2, 0) is 13.0 Å². The van der Waals surface area contributed by atoms with Crippen molar-refractivity contribution in [3.63, 3.8) is 0 Å². The molecule has 0 spiro atoms. The number of β-amino-alcohol motifs (C(OH)–C–C–N with tert-alkyl or cyclic N) is 1. The molecule has 3 aliphatic rings. The Morgan fingerprint density at radius 1 is 1.03 bits per heavy atom. The van der Waals surface area contributed by atoms with Crippen molar-refractivity contribution in [1.29, 1.82) is 0 Å². The van der Waals surface area contributed by atoms with Gasteiger partial charge in [0.05, 0.1) is 24.0 Å². The fourth-order valence-corrected chi connectivity index (χ4v) is 5.63. The van der Waals surface area contributed by atoms with Gasteiger partial charge in [0.2, 0.25) is 0 Å². The number of likely N-dealkylation sites (N-methyl/N-ethyl adjacent to an activating group) is 1. The Morgan fingerprint density at radius 3 is 2.66 bits per heavy atom. The molecule has 0 saturated carbocycles. The molecular weight excluding hydrogens is 440 g/mol. The molecule has 1 saturated heterocycles. The van der Waals surface area contributed by atoms with E-state index < -0.39 is 6.10 Å². The van der Waals surface area contributed by atoms with Crippen LogP contribution in [-0.4, -0.2) is 98.3 Å². The summed E-state index contributed by atoms with van der Waals surface area (Å²) >= 11 is 0. The predicted octanol–water partition coefficient (Wildman–Crippen LogP) is 2.33. The molecule has 2 aromatic carbocycles. The van der Waals surface area contributed by atoms with E-state index >= 15 is 0 Å². The van der Waals surface area contributed by atoms with Crippen LogP contribution in [0.25, 0.3) is 0 Å². The average molecular weight is 479 g/mol. The van der Waals surface area contributed by atoms with Gasteiger partial charge in [-0.3, -0.25) is 9.69 Å². The Labute approximate surface area is 208 Å². The first-order valence-corrected chi connectivity index (χ1v) is 12.9. The summed E-state index contributed by atoms with van der Waals surface area (Å²) in [6.07, 6.45) is 1.59. The van der Waals surface area contributed by atoms with Crippen molar-refractivity contribution >= 4 is 11.6 Å². The molecule has 5 rings (SSSR count). The summed E-state index contributed by atoms with van der Waals surface area (Å²) in [6, 6.07) is 14.3. The van der Waals surface area contributed by atoms with Crippen molar-refractivity contribution in [1.82, 2.24) is 14.7 Å². The Kier molecular flexibility index (Phi) is 7.27. The number of nitrogens with zero attached hydrogens (tertiary/aromatic N) is 4. The van der Waals surface area contributed by atoms with Gasteiger partial charge in [-0.25, -0.2) is 0 Å². The van der Waals surface area contributed by atoms with Crippen molar-refractivity contribution in [2.45, 2.75) is 25.5 Å². The van der Waals surface area contributed by atoms with Crippen molar-refractivity contribution < 1.29 is 14.6 Å². The zero-order chi connectivity index (χ0) is 24.4. The number of ether oxygens (including phenoxy) is 1. The molecule has 35 heavy (non-hydrogen) atoms. The highest BCUT2D eigenvalue weighted by atomic mass is 16.5. The highest BCUT2D eigenvalue weighted by Gasteiger charge is 2.28. The summed E-state index contributed by atoms with van der Waals surface area (Å²) < 4.78 is 6.11. The van der Waals surface area contributed by atoms with Crippen LogP contribution in [0.15, 0.2) is 42.5 Å². The Hall–Kier alpha value is -2.61. The van der Waals surface area contributed by atoms with Crippen LogP contribution in [0.2, 0.25) is 0 Å². The first kappa shape index (κ1) is 24.1. The van der Waals surface area contributed by atoms with Gasteiger partial charge in [0.25, 0.3) is 5.91 Å². The van der Waals surface area contributed by atoms with Crippen LogP contribution in [0.4, 0.5) is 5.69 Å². The van der Waals surface area contributed by atoms with Gasteiger partial charge in [0, 0.05) is 64.8 Å². The second-order valence-corrected chi connectivity index (χ2v) is 10.5. The van der Waals surface area contributed by atoms with Crippen molar-refractivity contribution in [2.24, 2.45) is 5.92 Å². The molecule has 188 valence electrons. The second-order valence-electron chi connectivity index (χ2n) is 10.5. The number of aliphatic hydroxyl groups is 1. The lowest BCUT2D eigenvalue weighted by molar-refractivity contribution is 0.0521. The lowest BCUT2D eigenvalue weighted by Gasteiger charge is -2.32. The molecule has 0 aromatic heterocycles. The molecule has 7 heteroatoms. The van der Waals surface area contributed by atoms with E-state index in [0.29, 0.717) is 37.7 Å². The number of likely N-dealkylation sites (tertiary alicyclic amines) is 1. The van der Waals surface area contributed by atoms with Gasteiger partial charge in [0.1, 0.15) is 5.75 Å². The molecule has 1 fully saturated rings. The largest absolute Gasteiger partial charge is 0.493 e. The number of benzene rings is 2. The summed E-state index contributed by atoms with van der Waals surface area (Å²) in [7, 11) is 4.17. The third-order valence-electron chi connectivity index (χ3n) is 7.69. The summed E-state index contributed by atoms with van der Waals surface area (Å²) in [5, 5.41) is 10.9. The SMILES string of the molecule is CN1CCC(COc2ccc3c(c2)N(C)CCN(C[C@H](O)CN2CCc4ccccc4C2)C3=O)C1. The number of carbonyl (C=O) groups excluding carboxylic acids is 1. The molecule has 0 radical (unpaired) electrons. The fraction of sp³-hybridized carbons (Fsp3) is 0.536. The number of hydrogen-bond donors (Lipinski definition) is 1. The minimum absolute atomic E-state index is 0.0173. The van der Waals surface area contributed by atoms with E-state index in [1.54, 1.807) is 4.90 Å². The summed E-state index contributed by atoms with van der Waals surface area (Å²) in [5.41, 5.74) is 4.32. The molecule has 1 unspecified atom stereocenters. The van der Waals surface area contributed by atoms with Gasteiger partial charge < -0.3 is 24.5 Å². The topological polar surface area (TPSA) is 59.5 Å². The minimum Gasteiger partial charge on any atom is -0.493 e. The molecule has 2 aromatic rings. The first-order chi connectivity index (χ1) is 17.0. The molecule has 1 N–H and O–H groups in total. The van der Waals surface area contributed by atoms with Gasteiger partial charge in [-0.2, -0.15) is 0 Å². The van der Waals surface area contributed by atoms with Gasteiger partial charge in [0.15, 0.2) is 0 Å². The van der Waals surface area contributed by atoms with E-state index in [4.69, 9.17) is 4.74 Å². The lowest BCUT2D eigenvalue weighted by atomic mass is 10.00. The summed E-state index contributed by atoms with van der Waals surface area (Å²) in [4.78, 5) is 22.0. The van der Waals surface area contributed by atoms with E-state index in [1.165, 1.54) is 17.5 Å². The van der Waals surface area contributed by atoms with Crippen LogP contribution in [0.5, 0.6) is 5.75 Å². The summed E-state index contributed by atoms with van der Waals surface area (Å²) in [5.74, 6) is 1.36. The van der Waals surface area contributed by atoms with Crippen LogP contribution in [0.1, 0.15) is 27.9 Å². The average Bonchev–Trinajstić information content (AvgIpc) is 3.24. The third kappa shape index (κ3) is 5.63. The Morgan fingerprint density at radius 2 is 1.86 bits per heavy atom. The molecule has 7 nitrogen and oxygen atoms in total. The monoisotopic (exact) mass is 478 g/mol. The van der Waals surface area contributed by atoms with E-state index in [2.05, 4.69) is 46.0 Å². The second kappa shape index (κ2) is 10.6. The first-order valence-electron chi connectivity index (χ1n) is 12.9. The number of carbonyl (C=O) groups is 1. The number of amides is 1. The van der Waals surface area contributed by atoms with Crippen LogP contribution in [0.3, 0.4) is 0 Å². The number of fused-ring (bicyclic) bond motifs is 2. The van der Waals surface area contributed by atoms with Gasteiger partial charge in [-0.05, 0) is 49.7 Å². The highest BCUT2D eigenvalue weighted by Crippen LogP contribution is 2.30. The predicted molar refractivity (Wildman–Crippen MR) is 138 cm³/mol. The zero-order valence-corrected chi connectivity index (χ0v) is 21.0. The van der Waals surface area contributed by atoms with E-state index in [0.717, 1.165) is 50.6 Å².